The molecule has 0 atom stereocenters. The second-order valence-corrected chi connectivity index (χ2v) is 4.79. The highest BCUT2D eigenvalue weighted by Gasteiger charge is 2.13. The summed E-state index contributed by atoms with van der Waals surface area (Å²) in [4.78, 5) is 9.77. The lowest BCUT2D eigenvalue weighted by molar-refractivity contribution is 0.959. The Bertz CT molecular complexity index is 562. The minimum Gasteiger partial charge on any atom is -0.354 e. The summed E-state index contributed by atoms with van der Waals surface area (Å²) < 4.78 is 4.21. The fourth-order valence-electron chi connectivity index (χ4n) is 1.86. The van der Waals surface area contributed by atoms with E-state index in [0.29, 0.717) is 0 Å². The molecule has 0 radical (unpaired) electrons. The van der Waals surface area contributed by atoms with Gasteiger partial charge in [-0.15, -0.1) is 0 Å². The van der Waals surface area contributed by atoms with E-state index in [4.69, 9.17) is 0 Å². The smallest absolute Gasteiger partial charge is 0.195 e. The van der Waals surface area contributed by atoms with Crippen LogP contribution in [0.2, 0.25) is 0 Å². The number of guanidine groups is 1. The van der Waals surface area contributed by atoms with Gasteiger partial charge in [-0.25, -0.2) is 4.40 Å². The molecule has 18 heavy (non-hydrogen) atoms. The average Bonchev–Trinajstić information content (AvgIpc) is 2.76. The maximum absolute atomic E-state index is 4.35. The molecular weight excluding hydrogens is 246 g/mol. The third kappa shape index (κ3) is 2.11. The topological polar surface area (TPSA) is 61.1 Å². The van der Waals surface area contributed by atoms with Gasteiger partial charge in [0.25, 0.3) is 0 Å². The minimum atomic E-state index is 0.829. The SMILES string of the molecule is Cc1c(NC2=NCCN2)ccc2c1SN=CC=N2. The third-order valence-electron chi connectivity index (χ3n) is 2.80. The van der Waals surface area contributed by atoms with Crippen LogP contribution in [0.5, 0.6) is 0 Å². The molecule has 0 aromatic heterocycles. The van der Waals surface area contributed by atoms with E-state index in [0.717, 1.165) is 40.9 Å². The van der Waals surface area contributed by atoms with Gasteiger partial charge in [0.15, 0.2) is 5.96 Å². The highest BCUT2D eigenvalue weighted by molar-refractivity contribution is 7.98. The van der Waals surface area contributed by atoms with Gasteiger partial charge in [-0.1, -0.05) is 0 Å². The maximum Gasteiger partial charge on any atom is 0.195 e. The molecule has 1 aromatic carbocycles. The lowest BCUT2D eigenvalue weighted by Crippen LogP contribution is -2.26. The summed E-state index contributed by atoms with van der Waals surface area (Å²) in [5.74, 6) is 0.837. The van der Waals surface area contributed by atoms with Crippen molar-refractivity contribution in [1.29, 1.82) is 0 Å². The lowest BCUT2D eigenvalue weighted by atomic mass is 10.1. The van der Waals surface area contributed by atoms with Crippen molar-refractivity contribution in [2.45, 2.75) is 11.8 Å². The number of rotatable bonds is 1. The molecule has 0 aliphatic carbocycles. The van der Waals surface area contributed by atoms with E-state index < -0.39 is 0 Å². The standard InChI is InChI=1S/C12H13N5S/c1-8-9(17-12-14-4-5-15-12)2-3-10-11(8)18-16-7-6-13-10/h2-3,6-7H,4-5H2,1H3,(H2,14,15,17). The Labute approximate surface area is 110 Å². The van der Waals surface area contributed by atoms with E-state index in [1.165, 1.54) is 11.9 Å². The molecule has 0 saturated carbocycles. The van der Waals surface area contributed by atoms with E-state index >= 15 is 0 Å². The highest BCUT2D eigenvalue weighted by atomic mass is 32.2. The maximum atomic E-state index is 4.35. The Balaban J connectivity index is 1.94. The molecule has 6 heteroatoms. The first kappa shape index (κ1) is 11.3. The van der Waals surface area contributed by atoms with E-state index in [1.54, 1.807) is 12.4 Å². The fraction of sp³-hybridized carbons (Fsp3) is 0.250. The van der Waals surface area contributed by atoms with Crippen molar-refractivity contribution in [3.8, 4) is 0 Å². The van der Waals surface area contributed by atoms with Gasteiger partial charge in [0.05, 0.1) is 23.3 Å². The monoisotopic (exact) mass is 259 g/mol. The number of hydrogen-bond donors (Lipinski definition) is 2. The zero-order chi connectivity index (χ0) is 12.4. The van der Waals surface area contributed by atoms with Gasteiger partial charge in [-0.2, -0.15) is 0 Å². The minimum absolute atomic E-state index is 0.829. The van der Waals surface area contributed by atoms with Gasteiger partial charge in [0.1, 0.15) is 0 Å². The Morgan fingerprint density at radius 3 is 3.11 bits per heavy atom. The molecule has 1 aromatic rings. The predicted molar refractivity (Wildman–Crippen MR) is 77.6 cm³/mol. The highest BCUT2D eigenvalue weighted by Crippen LogP contribution is 2.37. The lowest BCUT2D eigenvalue weighted by Gasteiger charge is -2.13. The van der Waals surface area contributed by atoms with Crippen molar-refractivity contribution in [2.75, 3.05) is 18.4 Å². The molecule has 2 N–H and O–H groups in total. The summed E-state index contributed by atoms with van der Waals surface area (Å²) in [6, 6.07) is 4.03. The first-order chi connectivity index (χ1) is 8.84. The molecule has 0 unspecified atom stereocenters. The molecule has 0 amide bonds. The second-order valence-electron chi connectivity index (χ2n) is 3.99. The quantitative estimate of drug-likeness (QED) is 0.760. The van der Waals surface area contributed by atoms with Gasteiger partial charge in [0, 0.05) is 30.4 Å². The van der Waals surface area contributed by atoms with Crippen LogP contribution in [0.15, 0.2) is 31.4 Å². The Hall–Kier alpha value is -1.82. The molecule has 0 spiro atoms. The molecule has 3 rings (SSSR count). The van der Waals surface area contributed by atoms with Crippen LogP contribution >= 0.6 is 11.9 Å². The van der Waals surface area contributed by atoms with E-state index in [9.17, 15) is 0 Å². The van der Waals surface area contributed by atoms with Crippen molar-refractivity contribution >= 4 is 41.7 Å². The second kappa shape index (κ2) is 4.81. The zero-order valence-electron chi connectivity index (χ0n) is 9.97. The Kier molecular flexibility index (Phi) is 3.02. The van der Waals surface area contributed by atoms with Crippen molar-refractivity contribution in [1.82, 2.24) is 5.32 Å². The summed E-state index contributed by atoms with van der Waals surface area (Å²) in [6.07, 6.45) is 3.42. The average molecular weight is 259 g/mol. The molecule has 2 aliphatic heterocycles. The summed E-state index contributed by atoms with van der Waals surface area (Å²) in [5, 5.41) is 6.50. The van der Waals surface area contributed by atoms with Crippen LogP contribution in [0.3, 0.4) is 0 Å². The first-order valence-corrected chi connectivity index (χ1v) is 6.54. The molecule has 2 aliphatic rings. The van der Waals surface area contributed by atoms with E-state index in [-0.39, 0.29) is 0 Å². The summed E-state index contributed by atoms with van der Waals surface area (Å²) >= 11 is 1.45. The summed E-state index contributed by atoms with van der Waals surface area (Å²) in [5.41, 5.74) is 3.15. The van der Waals surface area contributed by atoms with Crippen molar-refractivity contribution < 1.29 is 0 Å². The number of fused-ring (bicyclic) bond motifs is 1. The molecular formula is C12H13N5S. The van der Waals surface area contributed by atoms with Crippen LogP contribution in [0, 0.1) is 6.92 Å². The summed E-state index contributed by atoms with van der Waals surface area (Å²) in [7, 11) is 0. The molecule has 0 saturated heterocycles. The molecule has 2 heterocycles. The fourth-order valence-corrected chi connectivity index (χ4v) is 2.54. The van der Waals surface area contributed by atoms with Crippen molar-refractivity contribution in [3.63, 3.8) is 0 Å². The zero-order valence-corrected chi connectivity index (χ0v) is 10.8. The Morgan fingerprint density at radius 1 is 1.33 bits per heavy atom. The number of nitrogens with zero attached hydrogens (tertiary/aromatic N) is 3. The number of aliphatic imine (C=N–C) groups is 2. The van der Waals surface area contributed by atoms with Gasteiger partial charge >= 0.3 is 0 Å². The van der Waals surface area contributed by atoms with Gasteiger partial charge in [-0.3, -0.25) is 9.98 Å². The van der Waals surface area contributed by atoms with Crippen molar-refractivity contribution in [3.05, 3.63) is 17.7 Å². The number of hydrogen-bond acceptors (Lipinski definition) is 6. The number of benzene rings is 1. The van der Waals surface area contributed by atoms with Gasteiger partial charge in [-0.05, 0) is 24.6 Å². The van der Waals surface area contributed by atoms with Crippen LogP contribution in [-0.2, 0) is 0 Å². The molecule has 0 fully saturated rings. The number of anilines is 1. The molecule has 92 valence electrons. The number of nitrogens with one attached hydrogen (secondary N) is 2. The van der Waals surface area contributed by atoms with Crippen LogP contribution in [0.4, 0.5) is 11.4 Å². The third-order valence-corrected chi connectivity index (χ3v) is 3.72. The van der Waals surface area contributed by atoms with E-state index in [2.05, 4.69) is 31.9 Å². The van der Waals surface area contributed by atoms with Crippen LogP contribution in [-0.4, -0.2) is 31.5 Å². The van der Waals surface area contributed by atoms with Crippen LogP contribution in [0.1, 0.15) is 5.56 Å². The van der Waals surface area contributed by atoms with Crippen LogP contribution in [0.25, 0.3) is 0 Å². The van der Waals surface area contributed by atoms with Crippen molar-refractivity contribution in [2.24, 2.45) is 14.4 Å². The Morgan fingerprint density at radius 2 is 2.28 bits per heavy atom. The molecule has 5 nitrogen and oxygen atoms in total. The van der Waals surface area contributed by atoms with Crippen LogP contribution < -0.4 is 10.6 Å². The normalized spacial score (nSPS) is 16.8. The summed E-state index contributed by atoms with van der Waals surface area (Å²) in [6.45, 7) is 3.80. The predicted octanol–water partition coefficient (Wildman–Crippen LogP) is 2.16. The van der Waals surface area contributed by atoms with Gasteiger partial charge < -0.3 is 10.6 Å². The van der Waals surface area contributed by atoms with Gasteiger partial charge in [0.2, 0.25) is 0 Å². The largest absolute Gasteiger partial charge is 0.354 e. The van der Waals surface area contributed by atoms with E-state index in [1.807, 2.05) is 12.1 Å². The molecule has 0 bridgehead atoms. The first-order valence-electron chi connectivity index (χ1n) is 5.76.